The van der Waals surface area contributed by atoms with Crippen LogP contribution in [-0.4, -0.2) is 16.6 Å². The summed E-state index contributed by atoms with van der Waals surface area (Å²) in [4.78, 5) is 15.1. The van der Waals surface area contributed by atoms with Gasteiger partial charge in [-0.1, -0.05) is 6.42 Å². The maximum absolute atomic E-state index is 10.2. The molecule has 1 unspecified atom stereocenters. The molecular weight excluding hydrogens is 170 g/mol. The highest BCUT2D eigenvalue weighted by atomic mass is 16.6. The third-order valence-electron chi connectivity index (χ3n) is 2.13. The quantitative estimate of drug-likeness (QED) is 0.636. The zero-order chi connectivity index (χ0) is 9.73. The number of unbranched alkanes of at least 4 members (excludes halogenated alkanes) is 1. The molecule has 0 saturated carbocycles. The second-order valence-electron chi connectivity index (χ2n) is 3.54. The lowest BCUT2D eigenvalue weighted by Gasteiger charge is -2.19. The first-order valence-corrected chi connectivity index (χ1v) is 4.45. The molecule has 0 aromatic heterocycles. The topological polar surface area (TPSA) is 58.6 Å². The molecular formula is C9H15NO3. The summed E-state index contributed by atoms with van der Waals surface area (Å²) in [5, 5.41) is 8.42. The Morgan fingerprint density at radius 2 is 2.38 bits per heavy atom. The highest BCUT2D eigenvalue weighted by molar-refractivity contribution is 5.66. The van der Waals surface area contributed by atoms with Gasteiger partial charge < -0.3 is 9.94 Å². The Bertz CT molecular complexity index is 215. The van der Waals surface area contributed by atoms with Crippen LogP contribution in [0.3, 0.4) is 0 Å². The average Bonchev–Trinajstić information content (AvgIpc) is 2.47. The van der Waals surface area contributed by atoms with Gasteiger partial charge in [0.15, 0.2) is 0 Å². The van der Waals surface area contributed by atoms with Gasteiger partial charge >= 0.3 is 5.97 Å². The molecule has 1 heterocycles. The number of hydroxylamine groups is 1. The van der Waals surface area contributed by atoms with Gasteiger partial charge in [0.05, 0.1) is 5.54 Å². The van der Waals surface area contributed by atoms with Gasteiger partial charge in [-0.3, -0.25) is 4.79 Å². The standard InChI is InChI=1S/C9H15NO3/c1-9(6-7-13-10-9)5-3-2-4-8(11)12/h6-7,10H,2-5H2,1H3,(H,11,12). The molecule has 0 aromatic rings. The molecule has 0 bridgehead atoms. The van der Waals surface area contributed by atoms with Crippen molar-refractivity contribution < 1.29 is 14.7 Å². The number of aliphatic carboxylic acids is 1. The molecule has 0 spiro atoms. The summed E-state index contributed by atoms with van der Waals surface area (Å²) in [6.45, 7) is 2.03. The zero-order valence-corrected chi connectivity index (χ0v) is 7.75. The van der Waals surface area contributed by atoms with E-state index in [1.165, 1.54) is 0 Å². The van der Waals surface area contributed by atoms with E-state index in [1.54, 1.807) is 6.26 Å². The molecule has 13 heavy (non-hydrogen) atoms. The van der Waals surface area contributed by atoms with Crippen LogP contribution in [0.5, 0.6) is 0 Å². The highest BCUT2D eigenvalue weighted by Gasteiger charge is 2.24. The first kappa shape index (κ1) is 10.1. The van der Waals surface area contributed by atoms with Crippen LogP contribution in [0.2, 0.25) is 0 Å². The molecule has 1 rings (SSSR count). The van der Waals surface area contributed by atoms with Crippen molar-refractivity contribution in [2.24, 2.45) is 0 Å². The molecule has 74 valence electrons. The van der Waals surface area contributed by atoms with Crippen molar-refractivity contribution in [3.63, 3.8) is 0 Å². The minimum atomic E-state index is -0.726. The number of rotatable bonds is 5. The molecule has 1 aliphatic heterocycles. The summed E-state index contributed by atoms with van der Waals surface area (Å²) >= 11 is 0. The minimum absolute atomic E-state index is 0.113. The van der Waals surface area contributed by atoms with Crippen LogP contribution in [0.4, 0.5) is 0 Å². The van der Waals surface area contributed by atoms with Crippen LogP contribution in [0.15, 0.2) is 12.3 Å². The number of carboxylic acid groups (broad SMARTS) is 1. The van der Waals surface area contributed by atoms with Gasteiger partial charge in [0.2, 0.25) is 0 Å². The van der Waals surface area contributed by atoms with Crippen LogP contribution < -0.4 is 5.48 Å². The monoisotopic (exact) mass is 185 g/mol. The van der Waals surface area contributed by atoms with Crippen molar-refractivity contribution in [2.45, 2.75) is 38.1 Å². The number of carboxylic acids is 1. The average molecular weight is 185 g/mol. The molecule has 1 atom stereocenters. The van der Waals surface area contributed by atoms with E-state index in [1.807, 2.05) is 13.0 Å². The van der Waals surface area contributed by atoms with Gasteiger partial charge in [0, 0.05) is 6.42 Å². The van der Waals surface area contributed by atoms with Crippen LogP contribution >= 0.6 is 0 Å². The Morgan fingerprint density at radius 3 is 2.92 bits per heavy atom. The van der Waals surface area contributed by atoms with Crippen molar-refractivity contribution in [3.05, 3.63) is 12.3 Å². The maximum Gasteiger partial charge on any atom is 0.303 e. The van der Waals surface area contributed by atoms with Crippen molar-refractivity contribution in [3.8, 4) is 0 Å². The van der Waals surface area contributed by atoms with E-state index >= 15 is 0 Å². The zero-order valence-electron chi connectivity index (χ0n) is 7.75. The van der Waals surface area contributed by atoms with E-state index < -0.39 is 5.97 Å². The molecule has 4 heteroatoms. The summed E-state index contributed by atoms with van der Waals surface area (Å²) in [5.41, 5.74) is 2.75. The summed E-state index contributed by atoms with van der Waals surface area (Å²) in [5.74, 6) is -0.726. The molecule has 1 aliphatic rings. The Morgan fingerprint density at radius 1 is 1.62 bits per heavy atom. The molecule has 4 nitrogen and oxygen atoms in total. The van der Waals surface area contributed by atoms with E-state index in [9.17, 15) is 4.79 Å². The van der Waals surface area contributed by atoms with Gasteiger partial charge in [-0.05, 0) is 25.8 Å². The summed E-state index contributed by atoms with van der Waals surface area (Å²) < 4.78 is 0. The first-order chi connectivity index (χ1) is 6.12. The minimum Gasteiger partial charge on any atom is -0.481 e. The Labute approximate surface area is 77.5 Å². The second-order valence-corrected chi connectivity index (χ2v) is 3.54. The van der Waals surface area contributed by atoms with Gasteiger partial charge in [-0.15, -0.1) is 5.48 Å². The fraction of sp³-hybridized carbons (Fsp3) is 0.667. The lowest BCUT2D eigenvalue weighted by molar-refractivity contribution is -0.137. The largest absolute Gasteiger partial charge is 0.481 e. The van der Waals surface area contributed by atoms with Crippen LogP contribution in [0.25, 0.3) is 0 Å². The normalized spacial score (nSPS) is 25.9. The van der Waals surface area contributed by atoms with E-state index in [0.29, 0.717) is 0 Å². The van der Waals surface area contributed by atoms with Crippen molar-refractivity contribution in [1.29, 1.82) is 0 Å². The fourth-order valence-corrected chi connectivity index (χ4v) is 1.29. The number of nitrogens with one attached hydrogen (secondary N) is 1. The summed E-state index contributed by atoms with van der Waals surface area (Å²) in [6, 6.07) is 0. The molecule has 0 amide bonds. The first-order valence-electron chi connectivity index (χ1n) is 4.45. The van der Waals surface area contributed by atoms with Crippen LogP contribution in [-0.2, 0) is 9.63 Å². The van der Waals surface area contributed by atoms with Gasteiger partial charge in [0.1, 0.15) is 6.26 Å². The molecule has 0 saturated heterocycles. The van der Waals surface area contributed by atoms with Gasteiger partial charge in [-0.25, -0.2) is 0 Å². The number of hydrogen-bond donors (Lipinski definition) is 2. The maximum atomic E-state index is 10.2. The molecule has 0 radical (unpaired) electrons. The lowest BCUT2D eigenvalue weighted by Crippen LogP contribution is -2.35. The van der Waals surface area contributed by atoms with E-state index in [4.69, 9.17) is 9.94 Å². The van der Waals surface area contributed by atoms with Gasteiger partial charge in [0.25, 0.3) is 0 Å². The van der Waals surface area contributed by atoms with Crippen LogP contribution in [0.1, 0.15) is 32.6 Å². The summed E-state index contributed by atoms with van der Waals surface area (Å²) in [6.07, 6.45) is 6.34. The highest BCUT2D eigenvalue weighted by Crippen LogP contribution is 2.19. The van der Waals surface area contributed by atoms with Gasteiger partial charge in [-0.2, -0.15) is 0 Å². The molecule has 0 fully saturated rings. The smallest absolute Gasteiger partial charge is 0.303 e. The second kappa shape index (κ2) is 4.28. The molecule has 2 N–H and O–H groups in total. The summed E-state index contributed by atoms with van der Waals surface area (Å²) in [7, 11) is 0. The number of carbonyl (C=O) groups is 1. The SMILES string of the molecule is CC1(CCCCC(=O)O)C=CON1. The van der Waals surface area contributed by atoms with Crippen molar-refractivity contribution >= 4 is 5.97 Å². The van der Waals surface area contributed by atoms with Crippen molar-refractivity contribution in [2.75, 3.05) is 0 Å². The third kappa shape index (κ3) is 3.46. The Kier molecular flexibility index (Phi) is 3.31. The Hall–Kier alpha value is -1.03. The fourth-order valence-electron chi connectivity index (χ4n) is 1.29. The van der Waals surface area contributed by atoms with E-state index in [2.05, 4.69) is 5.48 Å². The van der Waals surface area contributed by atoms with E-state index in [0.717, 1.165) is 19.3 Å². The Balaban J connectivity index is 2.12. The third-order valence-corrected chi connectivity index (χ3v) is 2.13. The predicted octanol–water partition coefficient (Wildman–Crippen LogP) is 1.44. The molecule has 0 aromatic carbocycles. The predicted molar refractivity (Wildman–Crippen MR) is 47.9 cm³/mol. The van der Waals surface area contributed by atoms with Crippen LogP contribution in [0, 0.1) is 0 Å². The van der Waals surface area contributed by atoms with Crippen molar-refractivity contribution in [1.82, 2.24) is 5.48 Å². The molecule has 0 aliphatic carbocycles. The lowest BCUT2D eigenvalue weighted by atomic mass is 9.96. The van der Waals surface area contributed by atoms with E-state index in [-0.39, 0.29) is 12.0 Å². The number of hydrogen-bond acceptors (Lipinski definition) is 3.